The second-order valence-corrected chi connectivity index (χ2v) is 12.0. The molecule has 2 aromatic carbocycles. The molecule has 0 amide bonds. The molecule has 0 bridgehead atoms. The first kappa shape index (κ1) is 26.4. The van der Waals surface area contributed by atoms with Crippen LogP contribution < -0.4 is 10.1 Å². The number of anilines is 1. The van der Waals surface area contributed by atoms with E-state index in [4.69, 9.17) is 25.8 Å². The van der Waals surface area contributed by atoms with Gasteiger partial charge in [0.05, 0.1) is 24.6 Å². The molecule has 41 heavy (non-hydrogen) atoms. The predicted octanol–water partition coefficient (Wildman–Crippen LogP) is 7.08. The second-order valence-electron chi connectivity index (χ2n) is 11.0. The van der Waals surface area contributed by atoms with Crippen molar-refractivity contribution in [2.24, 2.45) is 0 Å². The van der Waals surface area contributed by atoms with Crippen molar-refractivity contribution < 1.29 is 14.2 Å². The molecule has 2 aliphatic rings. The lowest BCUT2D eigenvalue weighted by atomic mass is 9.93. The molecule has 7 rings (SSSR count). The quantitative estimate of drug-likeness (QED) is 0.204. The summed E-state index contributed by atoms with van der Waals surface area (Å²) in [6.07, 6.45) is 4.60. The van der Waals surface area contributed by atoms with E-state index in [2.05, 4.69) is 66.1 Å². The Morgan fingerprint density at radius 2 is 1.90 bits per heavy atom. The number of ether oxygens (including phenoxy) is 3. The fourth-order valence-electron chi connectivity index (χ4n) is 6.19. The second kappa shape index (κ2) is 10.4. The fourth-order valence-corrected chi connectivity index (χ4v) is 6.90. The van der Waals surface area contributed by atoms with E-state index < -0.39 is 5.79 Å². The molecule has 10 heteroatoms. The van der Waals surface area contributed by atoms with Crippen molar-refractivity contribution in [1.29, 1.82) is 0 Å². The van der Waals surface area contributed by atoms with Crippen molar-refractivity contribution in [3.63, 3.8) is 0 Å². The third-order valence-electron chi connectivity index (χ3n) is 8.04. The molecule has 1 aliphatic heterocycles. The van der Waals surface area contributed by atoms with Gasteiger partial charge < -0.3 is 24.1 Å². The summed E-state index contributed by atoms with van der Waals surface area (Å²) in [5, 5.41) is 6.63. The van der Waals surface area contributed by atoms with Crippen LogP contribution in [0.2, 0.25) is 5.28 Å². The SMILES string of the molecule is COc1ccc(CNc2nc(Cl)nc3c2ccn3[C@@H]2C[C@H](c3cccc(-c4cnsc4)c3)[C@H]3OC(C)(C)O[C@H]32)cc1. The van der Waals surface area contributed by atoms with Crippen LogP contribution in [0.4, 0.5) is 5.82 Å². The highest BCUT2D eigenvalue weighted by molar-refractivity contribution is 7.03. The predicted molar refractivity (Wildman–Crippen MR) is 161 cm³/mol. The number of rotatable bonds is 7. The van der Waals surface area contributed by atoms with Gasteiger partial charge in [-0.3, -0.25) is 0 Å². The number of aromatic nitrogens is 4. The average Bonchev–Trinajstić information content (AvgIpc) is 3.76. The van der Waals surface area contributed by atoms with Crippen molar-refractivity contribution in [3.05, 3.63) is 88.8 Å². The monoisotopic (exact) mass is 587 g/mol. The minimum absolute atomic E-state index is 0.0103. The van der Waals surface area contributed by atoms with Gasteiger partial charge in [-0.05, 0) is 78.3 Å². The zero-order chi connectivity index (χ0) is 28.1. The number of hydrogen-bond acceptors (Lipinski definition) is 8. The van der Waals surface area contributed by atoms with Gasteiger partial charge in [-0.2, -0.15) is 4.98 Å². The largest absolute Gasteiger partial charge is 0.497 e. The molecular weight excluding hydrogens is 558 g/mol. The maximum Gasteiger partial charge on any atom is 0.226 e. The lowest BCUT2D eigenvalue weighted by molar-refractivity contribution is -0.157. The summed E-state index contributed by atoms with van der Waals surface area (Å²) >= 11 is 7.94. The van der Waals surface area contributed by atoms with E-state index in [1.54, 1.807) is 7.11 Å². The lowest BCUT2D eigenvalue weighted by Gasteiger charge is -2.25. The zero-order valence-corrected chi connectivity index (χ0v) is 24.5. The van der Waals surface area contributed by atoms with E-state index in [9.17, 15) is 0 Å². The third-order valence-corrected chi connectivity index (χ3v) is 8.79. The van der Waals surface area contributed by atoms with Crippen LogP contribution in [0.25, 0.3) is 22.2 Å². The molecule has 5 aromatic rings. The maximum absolute atomic E-state index is 6.54. The Kier molecular flexibility index (Phi) is 6.70. The third kappa shape index (κ3) is 4.97. The summed E-state index contributed by atoms with van der Waals surface area (Å²) in [7, 11) is 1.66. The van der Waals surface area contributed by atoms with Gasteiger partial charge in [-0.1, -0.05) is 36.4 Å². The Balaban J connectivity index is 1.21. The average molecular weight is 588 g/mol. The molecule has 3 aromatic heterocycles. The van der Waals surface area contributed by atoms with Crippen LogP contribution in [0, 0.1) is 0 Å². The molecule has 0 radical (unpaired) electrons. The van der Waals surface area contributed by atoms with E-state index in [1.165, 1.54) is 17.1 Å². The van der Waals surface area contributed by atoms with Gasteiger partial charge in [0.25, 0.3) is 0 Å². The molecule has 1 saturated carbocycles. The van der Waals surface area contributed by atoms with Gasteiger partial charge in [-0.15, -0.1) is 0 Å². The Morgan fingerprint density at radius 1 is 1.07 bits per heavy atom. The first-order chi connectivity index (χ1) is 19.9. The number of fused-ring (bicyclic) bond motifs is 2. The Bertz CT molecular complexity index is 1690. The molecule has 1 N–H and O–H groups in total. The first-order valence-corrected chi connectivity index (χ1v) is 14.9. The smallest absolute Gasteiger partial charge is 0.226 e. The Hall–Kier alpha value is -3.50. The standard InChI is InChI=1S/C31H30ClN5O3S/c1-31(2)39-26-24(20-6-4-5-19(13-20)21-16-34-41-17-21)14-25(27(26)40-31)37-12-11-23-28(35-30(32)36-29(23)37)33-15-18-7-9-22(38-3)10-8-18/h4-13,16-17,24-27H,14-15H2,1-3H3,(H,33,35,36)/t24-,25-,26-,27+/m1/s1. The molecule has 1 aliphatic carbocycles. The van der Waals surface area contributed by atoms with E-state index in [-0.39, 0.29) is 29.5 Å². The van der Waals surface area contributed by atoms with Crippen LogP contribution >= 0.6 is 23.1 Å². The minimum Gasteiger partial charge on any atom is -0.497 e. The molecule has 0 spiro atoms. The van der Waals surface area contributed by atoms with E-state index in [0.717, 1.165) is 39.9 Å². The van der Waals surface area contributed by atoms with Crippen LogP contribution in [0.1, 0.15) is 43.4 Å². The van der Waals surface area contributed by atoms with Crippen LogP contribution in [0.15, 0.2) is 72.4 Å². The van der Waals surface area contributed by atoms with Crippen LogP contribution in [0.5, 0.6) is 5.75 Å². The maximum atomic E-state index is 6.54. The summed E-state index contributed by atoms with van der Waals surface area (Å²) in [5.74, 6) is 0.993. The fraction of sp³-hybridized carbons (Fsp3) is 0.323. The summed E-state index contributed by atoms with van der Waals surface area (Å²) < 4.78 is 24.8. The highest BCUT2D eigenvalue weighted by Gasteiger charge is 2.55. The number of methoxy groups -OCH3 is 1. The summed E-state index contributed by atoms with van der Waals surface area (Å²) in [4.78, 5) is 9.19. The van der Waals surface area contributed by atoms with E-state index in [0.29, 0.717) is 12.4 Å². The number of nitrogens with one attached hydrogen (secondary N) is 1. The van der Waals surface area contributed by atoms with Crippen LogP contribution in [-0.2, 0) is 16.0 Å². The molecule has 4 atom stereocenters. The number of hydrogen-bond donors (Lipinski definition) is 1. The normalized spacial score (nSPS) is 23.1. The van der Waals surface area contributed by atoms with Gasteiger partial charge in [0.2, 0.25) is 5.28 Å². The van der Waals surface area contributed by atoms with E-state index >= 15 is 0 Å². The molecule has 8 nitrogen and oxygen atoms in total. The van der Waals surface area contributed by atoms with Crippen molar-refractivity contribution in [3.8, 4) is 16.9 Å². The highest BCUT2D eigenvalue weighted by atomic mass is 35.5. The Morgan fingerprint density at radius 3 is 2.68 bits per heavy atom. The van der Waals surface area contributed by atoms with Gasteiger partial charge in [0.1, 0.15) is 23.3 Å². The number of benzene rings is 2. The summed E-state index contributed by atoms with van der Waals surface area (Å²) in [6.45, 7) is 4.57. The topological polar surface area (TPSA) is 83.3 Å². The molecule has 0 unspecified atom stereocenters. The number of halogens is 1. The molecule has 1 saturated heterocycles. The van der Waals surface area contributed by atoms with Gasteiger partial charge in [0.15, 0.2) is 5.79 Å². The van der Waals surface area contributed by atoms with Gasteiger partial charge >= 0.3 is 0 Å². The summed E-state index contributed by atoms with van der Waals surface area (Å²) in [5.41, 5.74) is 5.41. The molecule has 4 heterocycles. The highest BCUT2D eigenvalue weighted by Crippen LogP contribution is 2.52. The Labute approximate surface area is 247 Å². The van der Waals surface area contributed by atoms with Crippen LogP contribution in [-0.4, -0.2) is 44.0 Å². The first-order valence-electron chi connectivity index (χ1n) is 13.6. The minimum atomic E-state index is -0.679. The van der Waals surface area contributed by atoms with Crippen LogP contribution in [0.3, 0.4) is 0 Å². The van der Waals surface area contributed by atoms with E-state index in [1.807, 2.05) is 44.3 Å². The van der Waals surface area contributed by atoms with Crippen molar-refractivity contribution in [1.82, 2.24) is 18.9 Å². The molecule has 2 fully saturated rings. The van der Waals surface area contributed by atoms with Crippen molar-refractivity contribution in [2.45, 2.75) is 56.8 Å². The van der Waals surface area contributed by atoms with Gasteiger partial charge in [-0.25, -0.2) is 9.36 Å². The van der Waals surface area contributed by atoms with Gasteiger partial charge in [0, 0.05) is 35.8 Å². The zero-order valence-electron chi connectivity index (χ0n) is 23.0. The van der Waals surface area contributed by atoms with Crippen molar-refractivity contribution >= 4 is 40.0 Å². The summed E-state index contributed by atoms with van der Waals surface area (Å²) in [6, 6.07) is 18.7. The molecular formula is C31H30ClN5O3S. The number of nitrogens with zero attached hydrogens (tertiary/aromatic N) is 4. The lowest BCUT2D eigenvalue weighted by Crippen LogP contribution is -2.27. The van der Waals surface area contributed by atoms with Crippen molar-refractivity contribution in [2.75, 3.05) is 12.4 Å². The molecule has 210 valence electrons.